The molecule has 0 heterocycles. The molecule has 0 aliphatic heterocycles. The quantitative estimate of drug-likeness (QED) is 0.753. The number of rotatable bonds is 6. The minimum absolute atomic E-state index is 0.148. The number of hydrogen-bond acceptors (Lipinski definition) is 3. The first-order valence-corrected chi connectivity index (χ1v) is 7.77. The second kappa shape index (κ2) is 8.68. The van der Waals surface area contributed by atoms with Gasteiger partial charge >= 0.3 is 6.03 Å². The van der Waals surface area contributed by atoms with Crippen LogP contribution in [0.4, 0.5) is 20.6 Å². The minimum atomic E-state index is -0.470. The van der Waals surface area contributed by atoms with Gasteiger partial charge < -0.3 is 20.9 Å². The number of hydrogen-bond donors (Lipinski definition) is 3. The average molecular weight is 344 g/mol. The van der Waals surface area contributed by atoms with Crippen molar-refractivity contribution in [2.45, 2.75) is 6.54 Å². The molecule has 3 amide bonds. The van der Waals surface area contributed by atoms with Crippen LogP contribution in [0, 0.1) is 5.82 Å². The van der Waals surface area contributed by atoms with Gasteiger partial charge in [0, 0.05) is 32.0 Å². The number of amides is 3. The molecule has 0 unspecified atom stereocenters. The first-order valence-electron chi connectivity index (χ1n) is 7.77. The fraction of sp³-hybridized carbons (Fsp3) is 0.222. The van der Waals surface area contributed by atoms with Crippen molar-refractivity contribution in [1.82, 2.24) is 10.6 Å². The molecule has 3 N–H and O–H groups in total. The number of anilines is 2. The lowest BCUT2D eigenvalue weighted by atomic mass is 10.2. The zero-order valence-electron chi connectivity index (χ0n) is 14.2. The van der Waals surface area contributed by atoms with Gasteiger partial charge in [-0.15, -0.1) is 0 Å². The van der Waals surface area contributed by atoms with Crippen LogP contribution in [0.2, 0.25) is 0 Å². The Morgan fingerprint density at radius 1 is 0.960 bits per heavy atom. The molecule has 0 radical (unpaired) electrons. The topological polar surface area (TPSA) is 73.5 Å². The van der Waals surface area contributed by atoms with Crippen molar-refractivity contribution in [2.24, 2.45) is 0 Å². The average Bonchev–Trinajstić information content (AvgIpc) is 2.60. The Morgan fingerprint density at radius 2 is 1.60 bits per heavy atom. The Kier molecular flexibility index (Phi) is 6.33. The molecule has 0 aliphatic carbocycles. The predicted octanol–water partition coefficient (Wildman–Crippen LogP) is 2.33. The molecule has 0 atom stereocenters. The normalized spacial score (nSPS) is 10.0. The summed E-state index contributed by atoms with van der Waals surface area (Å²) in [6, 6.07) is 12.7. The third-order valence-corrected chi connectivity index (χ3v) is 3.44. The number of urea groups is 1. The second-order valence-electron chi connectivity index (χ2n) is 5.65. The molecular formula is C18H21FN4O2. The van der Waals surface area contributed by atoms with Crippen LogP contribution < -0.4 is 20.9 Å². The summed E-state index contributed by atoms with van der Waals surface area (Å²) in [5.41, 5.74) is 2.45. The van der Waals surface area contributed by atoms with E-state index >= 15 is 0 Å². The smallest absolute Gasteiger partial charge is 0.315 e. The van der Waals surface area contributed by atoms with E-state index in [9.17, 15) is 14.0 Å². The van der Waals surface area contributed by atoms with Gasteiger partial charge in [-0.2, -0.15) is 0 Å². The maximum atomic E-state index is 12.8. The molecule has 0 aliphatic rings. The van der Waals surface area contributed by atoms with Gasteiger partial charge in [-0.25, -0.2) is 9.18 Å². The van der Waals surface area contributed by atoms with E-state index in [2.05, 4.69) is 16.0 Å². The molecule has 0 bridgehead atoms. The largest absolute Gasteiger partial charge is 0.378 e. The first-order chi connectivity index (χ1) is 11.9. The van der Waals surface area contributed by atoms with Gasteiger partial charge in [-0.05, 0) is 42.0 Å². The first kappa shape index (κ1) is 18.3. The van der Waals surface area contributed by atoms with Crippen molar-refractivity contribution in [3.8, 4) is 0 Å². The van der Waals surface area contributed by atoms with Crippen molar-refractivity contribution in [2.75, 3.05) is 30.9 Å². The Bertz CT molecular complexity index is 715. The van der Waals surface area contributed by atoms with E-state index in [0.29, 0.717) is 5.69 Å². The summed E-state index contributed by atoms with van der Waals surface area (Å²) < 4.78 is 12.8. The maximum Gasteiger partial charge on any atom is 0.315 e. The van der Waals surface area contributed by atoms with Crippen LogP contribution in [0.25, 0.3) is 0 Å². The molecule has 0 aromatic heterocycles. The van der Waals surface area contributed by atoms with Crippen LogP contribution in [0.5, 0.6) is 0 Å². The summed E-state index contributed by atoms with van der Waals surface area (Å²) in [6.45, 7) is 0.102. The second-order valence-corrected chi connectivity index (χ2v) is 5.65. The fourth-order valence-electron chi connectivity index (χ4n) is 2.06. The molecule has 2 rings (SSSR count). The van der Waals surface area contributed by atoms with E-state index in [1.807, 2.05) is 31.1 Å². The zero-order valence-corrected chi connectivity index (χ0v) is 14.2. The van der Waals surface area contributed by atoms with E-state index in [4.69, 9.17) is 0 Å². The summed E-state index contributed by atoms with van der Waals surface area (Å²) in [6.07, 6.45) is 0. The molecule has 25 heavy (non-hydrogen) atoms. The maximum absolute atomic E-state index is 12.8. The number of nitrogens with zero attached hydrogens (tertiary/aromatic N) is 1. The lowest BCUT2D eigenvalue weighted by Gasteiger charge is -2.13. The molecule has 7 heteroatoms. The van der Waals surface area contributed by atoms with E-state index in [-0.39, 0.29) is 24.8 Å². The third kappa shape index (κ3) is 6.14. The van der Waals surface area contributed by atoms with Crippen LogP contribution in [0.3, 0.4) is 0 Å². The molecule has 0 saturated heterocycles. The SMILES string of the molecule is CN(C)c1ccc(NC(=O)CNC(=O)NCc2ccc(F)cc2)cc1. The zero-order chi connectivity index (χ0) is 18.2. The minimum Gasteiger partial charge on any atom is -0.378 e. The van der Waals surface area contributed by atoms with Crippen LogP contribution >= 0.6 is 0 Å². The fourth-order valence-corrected chi connectivity index (χ4v) is 2.06. The molecular weight excluding hydrogens is 323 g/mol. The van der Waals surface area contributed by atoms with E-state index in [1.54, 1.807) is 24.3 Å². The molecule has 2 aromatic rings. The van der Waals surface area contributed by atoms with Gasteiger partial charge in [0.25, 0.3) is 0 Å². The molecule has 2 aromatic carbocycles. The highest BCUT2D eigenvalue weighted by atomic mass is 19.1. The highest BCUT2D eigenvalue weighted by Crippen LogP contribution is 2.15. The van der Waals surface area contributed by atoms with E-state index < -0.39 is 6.03 Å². The molecule has 0 saturated carbocycles. The summed E-state index contributed by atoms with van der Waals surface area (Å²) in [5, 5.41) is 7.77. The van der Waals surface area contributed by atoms with Crippen LogP contribution in [-0.4, -0.2) is 32.6 Å². The molecule has 0 spiro atoms. The number of benzene rings is 2. The standard InChI is InChI=1S/C18H21FN4O2/c1-23(2)16-9-7-15(8-10-16)22-17(24)12-21-18(25)20-11-13-3-5-14(19)6-4-13/h3-10H,11-12H2,1-2H3,(H,22,24)(H2,20,21,25). The molecule has 6 nitrogen and oxygen atoms in total. The van der Waals surface area contributed by atoms with Crippen molar-refractivity contribution >= 4 is 23.3 Å². The van der Waals surface area contributed by atoms with Crippen molar-refractivity contribution < 1.29 is 14.0 Å². The molecule has 0 fully saturated rings. The number of nitrogens with one attached hydrogen (secondary N) is 3. The number of halogens is 1. The lowest BCUT2D eigenvalue weighted by Crippen LogP contribution is -2.39. The van der Waals surface area contributed by atoms with Gasteiger partial charge in [-0.1, -0.05) is 12.1 Å². The van der Waals surface area contributed by atoms with Gasteiger partial charge in [0.2, 0.25) is 5.91 Å². The highest BCUT2D eigenvalue weighted by molar-refractivity contribution is 5.94. The Hall–Kier alpha value is -3.09. The van der Waals surface area contributed by atoms with E-state index in [0.717, 1.165) is 11.3 Å². The monoisotopic (exact) mass is 344 g/mol. The Balaban J connectivity index is 1.71. The third-order valence-electron chi connectivity index (χ3n) is 3.44. The number of carbonyl (C=O) groups excluding carboxylic acids is 2. The van der Waals surface area contributed by atoms with Gasteiger partial charge in [0.1, 0.15) is 5.82 Å². The van der Waals surface area contributed by atoms with Crippen LogP contribution in [-0.2, 0) is 11.3 Å². The van der Waals surface area contributed by atoms with Crippen molar-refractivity contribution in [3.63, 3.8) is 0 Å². The molecule has 132 valence electrons. The highest BCUT2D eigenvalue weighted by Gasteiger charge is 2.06. The lowest BCUT2D eigenvalue weighted by molar-refractivity contribution is -0.115. The van der Waals surface area contributed by atoms with Crippen molar-refractivity contribution in [1.29, 1.82) is 0 Å². The summed E-state index contributed by atoms with van der Waals surface area (Å²) in [5.74, 6) is -0.655. The summed E-state index contributed by atoms with van der Waals surface area (Å²) in [7, 11) is 3.87. The predicted molar refractivity (Wildman–Crippen MR) is 96.0 cm³/mol. The van der Waals surface area contributed by atoms with Gasteiger partial charge in [0.05, 0.1) is 6.54 Å². The Morgan fingerprint density at radius 3 is 2.20 bits per heavy atom. The van der Waals surface area contributed by atoms with Crippen molar-refractivity contribution in [3.05, 3.63) is 59.9 Å². The van der Waals surface area contributed by atoms with Crippen LogP contribution in [0.1, 0.15) is 5.56 Å². The van der Waals surface area contributed by atoms with E-state index in [1.165, 1.54) is 12.1 Å². The number of carbonyl (C=O) groups is 2. The summed E-state index contributed by atoms with van der Waals surface area (Å²) >= 11 is 0. The Labute approximate surface area is 146 Å². The summed E-state index contributed by atoms with van der Waals surface area (Å²) in [4.78, 5) is 25.5. The van der Waals surface area contributed by atoms with Gasteiger partial charge in [-0.3, -0.25) is 4.79 Å². The van der Waals surface area contributed by atoms with Gasteiger partial charge in [0.15, 0.2) is 0 Å². The van der Waals surface area contributed by atoms with Crippen LogP contribution in [0.15, 0.2) is 48.5 Å².